The molecule has 3 N–H and O–H groups in total. The highest BCUT2D eigenvalue weighted by molar-refractivity contribution is 6.07. The van der Waals surface area contributed by atoms with Crippen LogP contribution in [-0.4, -0.2) is 26.1 Å². The van der Waals surface area contributed by atoms with Crippen molar-refractivity contribution < 1.29 is 23.2 Å². The highest BCUT2D eigenvalue weighted by Gasteiger charge is 2.32. The number of rotatable bonds is 2. The number of aromatic nitrogens is 3. The van der Waals surface area contributed by atoms with Crippen LogP contribution < -0.4 is 5.48 Å². The number of alkyl halides is 3. The summed E-state index contributed by atoms with van der Waals surface area (Å²) in [7, 11) is 0. The van der Waals surface area contributed by atoms with Gasteiger partial charge >= 0.3 is 6.18 Å². The fourth-order valence-corrected chi connectivity index (χ4v) is 2.16. The molecule has 0 aliphatic carbocycles. The quantitative estimate of drug-likeness (QED) is 0.500. The summed E-state index contributed by atoms with van der Waals surface area (Å²) in [5.41, 5.74) is 1.84. The minimum Gasteiger partial charge on any atom is -0.353 e. The summed E-state index contributed by atoms with van der Waals surface area (Å²) in [6.07, 6.45) is -2.92. The highest BCUT2D eigenvalue weighted by atomic mass is 19.4. The molecule has 1 amide bonds. The van der Waals surface area contributed by atoms with Gasteiger partial charge in [0.1, 0.15) is 5.69 Å². The van der Waals surface area contributed by atoms with E-state index in [1.165, 1.54) is 6.07 Å². The van der Waals surface area contributed by atoms with E-state index in [1.54, 1.807) is 23.7 Å². The number of hydrogen-bond acceptors (Lipinski definition) is 4. The number of aromatic amines is 1. The van der Waals surface area contributed by atoms with Gasteiger partial charge in [0, 0.05) is 10.9 Å². The predicted molar refractivity (Wildman–Crippen MR) is 73.6 cm³/mol. The lowest BCUT2D eigenvalue weighted by atomic mass is 10.1. The molecule has 9 heteroatoms. The van der Waals surface area contributed by atoms with Gasteiger partial charge in [-0.1, -0.05) is 6.07 Å². The summed E-state index contributed by atoms with van der Waals surface area (Å²) in [4.78, 5) is 21.6. The fraction of sp³-hybridized carbons (Fsp3) is 0.0714. The molecular weight excluding hydrogens is 313 g/mol. The largest absolute Gasteiger partial charge is 0.434 e. The van der Waals surface area contributed by atoms with Crippen LogP contribution >= 0.6 is 0 Å². The zero-order valence-electron chi connectivity index (χ0n) is 11.3. The zero-order valence-corrected chi connectivity index (χ0v) is 11.3. The molecule has 118 valence electrons. The summed E-state index contributed by atoms with van der Waals surface area (Å²) in [6.45, 7) is 0. The van der Waals surface area contributed by atoms with Gasteiger partial charge in [0.15, 0.2) is 5.69 Å². The number of nitrogens with one attached hydrogen (secondary N) is 2. The van der Waals surface area contributed by atoms with Crippen LogP contribution in [0.2, 0.25) is 0 Å². The van der Waals surface area contributed by atoms with Crippen LogP contribution in [0.15, 0.2) is 36.7 Å². The molecule has 2 aromatic heterocycles. The lowest BCUT2D eigenvalue weighted by Gasteiger charge is -2.04. The van der Waals surface area contributed by atoms with Crippen LogP contribution in [0.1, 0.15) is 16.1 Å². The monoisotopic (exact) mass is 322 g/mol. The molecule has 2 heterocycles. The van der Waals surface area contributed by atoms with E-state index >= 15 is 0 Å². The Morgan fingerprint density at radius 3 is 2.61 bits per heavy atom. The molecule has 6 nitrogen and oxygen atoms in total. The van der Waals surface area contributed by atoms with Crippen LogP contribution in [0.3, 0.4) is 0 Å². The lowest BCUT2D eigenvalue weighted by Crippen LogP contribution is -2.18. The normalized spacial score (nSPS) is 11.7. The molecule has 0 aliphatic heterocycles. The molecule has 0 atom stereocenters. The molecule has 0 saturated carbocycles. The van der Waals surface area contributed by atoms with Gasteiger partial charge in [-0.25, -0.2) is 10.5 Å². The summed E-state index contributed by atoms with van der Waals surface area (Å²) in [5, 5.41) is 9.24. The molecule has 3 rings (SSSR count). The van der Waals surface area contributed by atoms with E-state index in [0.29, 0.717) is 22.8 Å². The van der Waals surface area contributed by atoms with Crippen molar-refractivity contribution in [3.63, 3.8) is 0 Å². The number of amides is 1. The summed E-state index contributed by atoms with van der Waals surface area (Å²) < 4.78 is 37.5. The molecule has 23 heavy (non-hydrogen) atoms. The van der Waals surface area contributed by atoms with E-state index in [-0.39, 0.29) is 11.3 Å². The van der Waals surface area contributed by atoms with Gasteiger partial charge in [-0.05, 0) is 18.2 Å². The Morgan fingerprint density at radius 2 is 2.00 bits per heavy atom. The number of carbonyl (C=O) groups is 1. The number of hydroxylamine groups is 1. The zero-order chi connectivity index (χ0) is 16.6. The van der Waals surface area contributed by atoms with Crippen LogP contribution in [0.25, 0.3) is 22.3 Å². The van der Waals surface area contributed by atoms with Crippen molar-refractivity contribution >= 4 is 16.8 Å². The number of H-pyrrole nitrogens is 1. The van der Waals surface area contributed by atoms with E-state index in [0.717, 1.165) is 6.20 Å². The van der Waals surface area contributed by atoms with E-state index in [1.807, 2.05) is 0 Å². The van der Waals surface area contributed by atoms with Gasteiger partial charge in [0.05, 0.1) is 23.7 Å². The summed E-state index contributed by atoms with van der Waals surface area (Å²) in [5.74, 6) is -0.695. The number of carbonyl (C=O) groups excluding carboxylic acids is 1. The molecule has 0 saturated heterocycles. The minimum atomic E-state index is -4.56. The van der Waals surface area contributed by atoms with Crippen LogP contribution in [-0.2, 0) is 6.18 Å². The van der Waals surface area contributed by atoms with E-state index in [2.05, 4.69) is 15.0 Å². The first-order valence-electron chi connectivity index (χ1n) is 6.36. The number of benzene rings is 1. The molecule has 0 spiro atoms. The van der Waals surface area contributed by atoms with Gasteiger partial charge in [-0.15, -0.1) is 0 Å². The van der Waals surface area contributed by atoms with Gasteiger partial charge in [0.2, 0.25) is 0 Å². The lowest BCUT2D eigenvalue weighted by molar-refractivity contribution is -0.141. The number of nitrogens with zero attached hydrogens (tertiary/aromatic N) is 2. The molecule has 0 unspecified atom stereocenters. The summed E-state index contributed by atoms with van der Waals surface area (Å²) >= 11 is 0. The molecule has 0 aliphatic rings. The SMILES string of the molecule is O=C(NO)c1cccc2[nH]c(-c3cnc(C(F)(F)F)cn3)cc12. The number of hydrogen-bond donors (Lipinski definition) is 3. The Bertz CT molecular complexity index is 872. The molecule has 1 aromatic carbocycles. The third-order valence-corrected chi connectivity index (χ3v) is 3.23. The first kappa shape index (κ1) is 15.0. The number of halogens is 3. The van der Waals surface area contributed by atoms with Crippen molar-refractivity contribution in [1.82, 2.24) is 20.4 Å². The van der Waals surface area contributed by atoms with Crippen molar-refractivity contribution in [3.8, 4) is 11.4 Å². The maximum Gasteiger partial charge on any atom is 0.434 e. The van der Waals surface area contributed by atoms with Crippen molar-refractivity contribution in [2.24, 2.45) is 0 Å². The van der Waals surface area contributed by atoms with Crippen LogP contribution in [0.4, 0.5) is 13.2 Å². The van der Waals surface area contributed by atoms with Crippen molar-refractivity contribution in [3.05, 3.63) is 47.9 Å². The second kappa shape index (κ2) is 5.36. The summed E-state index contributed by atoms with van der Waals surface area (Å²) in [6, 6.07) is 6.34. The third kappa shape index (κ3) is 2.73. The standard InChI is InChI=1S/C14H9F3N4O2/c15-14(16,17)12-6-18-11(5-19-12)10-4-8-7(13(22)21-23)2-1-3-9(8)20-10/h1-6,20,23H,(H,21,22). The van der Waals surface area contributed by atoms with Gasteiger partial charge in [0.25, 0.3) is 5.91 Å². The van der Waals surface area contributed by atoms with Gasteiger partial charge in [-0.3, -0.25) is 15.0 Å². The average Bonchev–Trinajstić information content (AvgIpc) is 2.97. The third-order valence-electron chi connectivity index (χ3n) is 3.23. The Morgan fingerprint density at radius 1 is 1.22 bits per heavy atom. The Balaban J connectivity index is 2.06. The average molecular weight is 322 g/mol. The van der Waals surface area contributed by atoms with E-state index < -0.39 is 17.8 Å². The molecule has 0 bridgehead atoms. The molecular formula is C14H9F3N4O2. The molecule has 0 radical (unpaired) electrons. The van der Waals surface area contributed by atoms with Gasteiger partial charge < -0.3 is 4.98 Å². The Hall–Kier alpha value is -2.94. The molecule has 3 aromatic rings. The smallest absolute Gasteiger partial charge is 0.353 e. The van der Waals surface area contributed by atoms with Crippen LogP contribution in [0.5, 0.6) is 0 Å². The number of fused-ring (bicyclic) bond motifs is 1. The second-order valence-corrected chi connectivity index (χ2v) is 4.68. The second-order valence-electron chi connectivity index (χ2n) is 4.68. The molecule has 0 fully saturated rings. The highest BCUT2D eigenvalue weighted by Crippen LogP contribution is 2.29. The topological polar surface area (TPSA) is 90.9 Å². The van der Waals surface area contributed by atoms with Crippen molar-refractivity contribution in [1.29, 1.82) is 0 Å². The Kier molecular flexibility index (Phi) is 3.49. The minimum absolute atomic E-state index is 0.199. The van der Waals surface area contributed by atoms with Crippen molar-refractivity contribution in [2.45, 2.75) is 6.18 Å². The van der Waals surface area contributed by atoms with E-state index in [9.17, 15) is 18.0 Å². The maximum atomic E-state index is 12.5. The fourth-order valence-electron chi connectivity index (χ4n) is 2.16. The first-order chi connectivity index (χ1) is 10.9. The first-order valence-corrected chi connectivity index (χ1v) is 6.36. The predicted octanol–water partition coefficient (Wildman–Crippen LogP) is 2.76. The van der Waals surface area contributed by atoms with Crippen LogP contribution in [0, 0.1) is 0 Å². The van der Waals surface area contributed by atoms with E-state index in [4.69, 9.17) is 5.21 Å². The van der Waals surface area contributed by atoms with Gasteiger partial charge in [-0.2, -0.15) is 13.2 Å². The Labute approximate surface area is 127 Å². The van der Waals surface area contributed by atoms with Crippen molar-refractivity contribution in [2.75, 3.05) is 0 Å². The maximum absolute atomic E-state index is 12.5.